The Morgan fingerprint density at radius 3 is 2.75 bits per heavy atom. The van der Waals surface area contributed by atoms with E-state index in [0.29, 0.717) is 12.6 Å². The van der Waals surface area contributed by atoms with E-state index in [0.717, 1.165) is 23.6 Å². The van der Waals surface area contributed by atoms with Crippen molar-refractivity contribution in [3.8, 4) is 0 Å². The average molecular weight is 298 g/mol. The Labute approximate surface area is 123 Å². The molecular weight excluding hydrogens is 276 g/mol. The van der Waals surface area contributed by atoms with Gasteiger partial charge in [-0.1, -0.05) is 37.4 Å². The molecule has 1 aromatic heterocycles. The minimum Gasteiger partial charge on any atom is -0.481 e. The molecule has 112 valence electrons. The van der Waals surface area contributed by atoms with E-state index in [1.807, 2.05) is 10.7 Å². The summed E-state index contributed by atoms with van der Waals surface area (Å²) in [5.74, 6) is -0.720. The monoisotopic (exact) mass is 298 g/mol. The van der Waals surface area contributed by atoms with Crippen molar-refractivity contribution in [2.75, 3.05) is 12.9 Å². The van der Waals surface area contributed by atoms with Crippen LogP contribution in [-0.4, -0.2) is 33.7 Å². The van der Waals surface area contributed by atoms with E-state index >= 15 is 0 Å². The van der Waals surface area contributed by atoms with E-state index in [-0.39, 0.29) is 5.75 Å². The summed E-state index contributed by atoms with van der Waals surface area (Å²) in [7, 11) is 1.65. The van der Waals surface area contributed by atoms with Gasteiger partial charge in [-0.05, 0) is 18.9 Å². The fraction of sp³-hybridized carbons (Fsp3) is 0.714. The van der Waals surface area contributed by atoms with Gasteiger partial charge in [0.15, 0.2) is 0 Å². The molecule has 1 saturated carbocycles. The Morgan fingerprint density at radius 2 is 2.15 bits per heavy atom. The number of hydrogen-bond acceptors (Lipinski definition) is 4. The lowest BCUT2D eigenvalue weighted by molar-refractivity contribution is -0.133. The lowest BCUT2D eigenvalue weighted by atomic mass is 10.1. The highest BCUT2D eigenvalue weighted by Crippen LogP contribution is 2.31. The Hall–Kier alpha value is -1.01. The standard InChI is InChI=1S/C14H22N2O3S/c1-19-9-11-8-13(20-10-14(17)18)16(15-11)12-6-4-2-3-5-7-12/h8,12H,2-7,9-10H2,1H3,(H,17,18). The van der Waals surface area contributed by atoms with Gasteiger partial charge in [-0.2, -0.15) is 5.10 Å². The van der Waals surface area contributed by atoms with Crippen LogP contribution in [0.3, 0.4) is 0 Å². The molecule has 1 aliphatic rings. The van der Waals surface area contributed by atoms with Crippen LogP contribution in [0.25, 0.3) is 0 Å². The molecule has 0 aliphatic heterocycles. The van der Waals surface area contributed by atoms with Gasteiger partial charge >= 0.3 is 5.97 Å². The van der Waals surface area contributed by atoms with Gasteiger partial charge in [0.05, 0.1) is 29.1 Å². The molecule has 1 fully saturated rings. The third-order valence-electron chi connectivity index (χ3n) is 3.56. The van der Waals surface area contributed by atoms with Gasteiger partial charge in [-0.15, -0.1) is 0 Å². The number of hydrogen-bond donors (Lipinski definition) is 1. The van der Waals surface area contributed by atoms with Crippen LogP contribution in [0.5, 0.6) is 0 Å². The molecule has 6 heteroatoms. The first kappa shape index (κ1) is 15.4. The van der Waals surface area contributed by atoms with Gasteiger partial charge in [-0.3, -0.25) is 9.48 Å². The maximum absolute atomic E-state index is 10.8. The normalized spacial score (nSPS) is 17.1. The van der Waals surface area contributed by atoms with Crippen molar-refractivity contribution in [3.63, 3.8) is 0 Å². The molecule has 0 saturated heterocycles. The van der Waals surface area contributed by atoms with Crippen molar-refractivity contribution in [3.05, 3.63) is 11.8 Å². The minimum atomic E-state index is -0.795. The lowest BCUT2D eigenvalue weighted by Gasteiger charge is -2.17. The SMILES string of the molecule is COCc1cc(SCC(=O)O)n(C2CCCCCC2)n1. The largest absolute Gasteiger partial charge is 0.481 e. The maximum atomic E-state index is 10.8. The zero-order valence-electron chi connectivity index (χ0n) is 11.9. The fourth-order valence-electron chi connectivity index (χ4n) is 2.65. The van der Waals surface area contributed by atoms with E-state index < -0.39 is 5.97 Å². The summed E-state index contributed by atoms with van der Waals surface area (Å²) in [4.78, 5) is 10.8. The summed E-state index contributed by atoms with van der Waals surface area (Å²) < 4.78 is 7.17. The van der Waals surface area contributed by atoms with Crippen molar-refractivity contribution in [2.45, 2.75) is 56.2 Å². The van der Waals surface area contributed by atoms with Crippen LogP contribution in [0.2, 0.25) is 0 Å². The zero-order chi connectivity index (χ0) is 14.4. The number of carbonyl (C=O) groups is 1. The Bertz CT molecular complexity index is 440. The molecule has 5 nitrogen and oxygen atoms in total. The molecule has 2 rings (SSSR count). The lowest BCUT2D eigenvalue weighted by Crippen LogP contribution is -2.12. The molecule has 1 N–H and O–H groups in total. The minimum absolute atomic E-state index is 0.0742. The number of ether oxygens (including phenoxy) is 1. The zero-order valence-corrected chi connectivity index (χ0v) is 12.7. The number of nitrogens with zero attached hydrogens (tertiary/aromatic N) is 2. The van der Waals surface area contributed by atoms with E-state index in [2.05, 4.69) is 5.10 Å². The summed E-state index contributed by atoms with van der Waals surface area (Å²) in [6, 6.07) is 2.36. The van der Waals surface area contributed by atoms with Crippen LogP contribution in [0.15, 0.2) is 11.1 Å². The number of carboxylic acid groups (broad SMARTS) is 1. The summed E-state index contributed by atoms with van der Waals surface area (Å²) in [5.41, 5.74) is 0.879. The summed E-state index contributed by atoms with van der Waals surface area (Å²) >= 11 is 1.35. The first-order valence-corrected chi connectivity index (χ1v) is 8.11. The number of aromatic nitrogens is 2. The van der Waals surface area contributed by atoms with Crippen LogP contribution in [-0.2, 0) is 16.1 Å². The predicted octanol–water partition coefficient (Wildman–Crippen LogP) is 3.10. The van der Waals surface area contributed by atoms with Gasteiger partial charge in [0.1, 0.15) is 0 Å². The molecule has 0 atom stereocenters. The molecular formula is C14H22N2O3S. The van der Waals surface area contributed by atoms with Crippen LogP contribution in [0, 0.1) is 0 Å². The molecule has 0 radical (unpaired) electrons. The van der Waals surface area contributed by atoms with Crippen LogP contribution >= 0.6 is 11.8 Å². The molecule has 0 aromatic carbocycles. The topological polar surface area (TPSA) is 64.3 Å². The van der Waals surface area contributed by atoms with E-state index in [9.17, 15) is 4.79 Å². The number of rotatable bonds is 6. The molecule has 1 aromatic rings. The van der Waals surface area contributed by atoms with Crippen LogP contribution in [0.1, 0.15) is 50.3 Å². The molecule has 1 heterocycles. The number of carboxylic acids is 1. The van der Waals surface area contributed by atoms with E-state index in [1.54, 1.807) is 7.11 Å². The van der Waals surface area contributed by atoms with Gasteiger partial charge in [0, 0.05) is 7.11 Å². The molecule has 20 heavy (non-hydrogen) atoms. The molecule has 0 bridgehead atoms. The summed E-state index contributed by atoms with van der Waals surface area (Å²) in [5, 5.41) is 14.4. The Morgan fingerprint density at radius 1 is 1.45 bits per heavy atom. The second-order valence-corrected chi connectivity index (χ2v) is 6.17. The molecule has 0 unspecified atom stereocenters. The first-order chi connectivity index (χ1) is 9.70. The summed E-state index contributed by atoms with van der Waals surface area (Å²) in [6.45, 7) is 0.473. The smallest absolute Gasteiger partial charge is 0.313 e. The van der Waals surface area contributed by atoms with E-state index in [4.69, 9.17) is 9.84 Å². The van der Waals surface area contributed by atoms with Gasteiger partial charge < -0.3 is 9.84 Å². The molecule has 0 amide bonds. The highest BCUT2D eigenvalue weighted by molar-refractivity contribution is 7.99. The van der Waals surface area contributed by atoms with E-state index in [1.165, 1.54) is 37.4 Å². The third-order valence-corrected chi connectivity index (χ3v) is 4.55. The number of thioether (sulfide) groups is 1. The summed E-state index contributed by atoms with van der Waals surface area (Å²) in [6.07, 6.45) is 7.31. The third kappa shape index (κ3) is 4.24. The predicted molar refractivity (Wildman–Crippen MR) is 78.0 cm³/mol. The van der Waals surface area contributed by atoms with Gasteiger partial charge in [-0.25, -0.2) is 0 Å². The Kier molecular flexibility index (Phi) is 5.91. The van der Waals surface area contributed by atoms with Crippen LogP contribution in [0.4, 0.5) is 0 Å². The number of aliphatic carboxylic acids is 1. The van der Waals surface area contributed by atoms with Gasteiger partial charge in [0.2, 0.25) is 0 Å². The maximum Gasteiger partial charge on any atom is 0.313 e. The fourth-order valence-corrected chi connectivity index (χ4v) is 3.46. The van der Waals surface area contributed by atoms with Gasteiger partial charge in [0.25, 0.3) is 0 Å². The van der Waals surface area contributed by atoms with Crippen molar-refractivity contribution >= 4 is 17.7 Å². The highest BCUT2D eigenvalue weighted by atomic mass is 32.2. The van der Waals surface area contributed by atoms with Crippen LogP contribution < -0.4 is 0 Å². The second-order valence-electron chi connectivity index (χ2n) is 5.18. The quantitative estimate of drug-likeness (QED) is 0.646. The average Bonchev–Trinajstić information content (AvgIpc) is 2.63. The Balaban J connectivity index is 2.16. The second kappa shape index (κ2) is 7.69. The van der Waals surface area contributed by atoms with Crippen molar-refractivity contribution in [2.24, 2.45) is 0 Å². The van der Waals surface area contributed by atoms with Crippen molar-refractivity contribution < 1.29 is 14.6 Å². The van der Waals surface area contributed by atoms with Crippen molar-refractivity contribution in [1.82, 2.24) is 9.78 Å². The highest BCUT2D eigenvalue weighted by Gasteiger charge is 2.19. The first-order valence-electron chi connectivity index (χ1n) is 7.12. The van der Waals surface area contributed by atoms with Crippen molar-refractivity contribution in [1.29, 1.82) is 0 Å². The number of methoxy groups -OCH3 is 1. The molecule has 1 aliphatic carbocycles. The molecule has 0 spiro atoms.